The summed E-state index contributed by atoms with van der Waals surface area (Å²) in [6.07, 6.45) is 6.13. The van der Waals surface area contributed by atoms with Crippen molar-refractivity contribution in [1.29, 1.82) is 0 Å². The molecule has 5 rings (SSSR count). The van der Waals surface area contributed by atoms with Gasteiger partial charge in [-0.2, -0.15) is 11.3 Å². The predicted molar refractivity (Wildman–Crippen MR) is 122 cm³/mol. The molecule has 3 amide bonds. The molecule has 3 aliphatic rings. The zero-order chi connectivity index (χ0) is 21.6. The van der Waals surface area contributed by atoms with Crippen LogP contribution >= 0.6 is 11.3 Å². The minimum Gasteiger partial charge on any atom is -0.347 e. The van der Waals surface area contributed by atoms with Gasteiger partial charge in [0.15, 0.2) is 0 Å². The van der Waals surface area contributed by atoms with E-state index >= 15 is 0 Å². The molecule has 1 saturated carbocycles. The van der Waals surface area contributed by atoms with Crippen LogP contribution in [0.4, 0.5) is 11.4 Å². The minimum atomic E-state index is -0.657. The van der Waals surface area contributed by atoms with E-state index in [2.05, 4.69) is 27.5 Å². The molecule has 7 heteroatoms. The summed E-state index contributed by atoms with van der Waals surface area (Å²) in [4.78, 5) is 39.6. The zero-order valence-corrected chi connectivity index (χ0v) is 18.5. The lowest BCUT2D eigenvalue weighted by atomic mass is 9.80. The molecule has 6 nitrogen and oxygen atoms in total. The Kier molecular flexibility index (Phi) is 5.08. The Balaban J connectivity index is 1.29. The molecule has 162 valence electrons. The molecule has 1 unspecified atom stereocenters. The fourth-order valence-corrected chi connectivity index (χ4v) is 6.25. The standard InChI is InChI=1S/C24H27N3O3S/c1-15-19-12-18(11-16-5-4-9-27(20(16)19)23(15)30)26-22(29)21(28)25-14-24(7-2-3-8-24)17-6-10-31-13-17/h6,10-13,15H,2-5,7-9,14H2,1H3,(H,25,28)(H,26,29). The molecule has 2 aromatic rings. The van der Waals surface area contributed by atoms with E-state index in [4.69, 9.17) is 0 Å². The third kappa shape index (κ3) is 3.45. The number of benzene rings is 1. The third-order valence-electron chi connectivity index (χ3n) is 7.16. The first-order chi connectivity index (χ1) is 15.0. The van der Waals surface area contributed by atoms with E-state index in [9.17, 15) is 14.4 Å². The van der Waals surface area contributed by atoms with Crippen LogP contribution in [-0.2, 0) is 26.2 Å². The highest BCUT2D eigenvalue weighted by molar-refractivity contribution is 7.08. The molecule has 1 atom stereocenters. The van der Waals surface area contributed by atoms with Crippen molar-refractivity contribution >= 4 is 40.4 Å². The van der Waals surface area contributed by atoms with E-state index in [0.717, 1.165) is 61.9 Å². The second-order valence-corrected chi connectivity index (χ2v) is 9.80. The van der Waals surface area contributed by atoms with E-state index in [1.54, 1.807) is 11.3 Å². The number of aryl methyl sites for hydroxylation is 1. The molecule has 0 radical (unpaired) electrons. The molecule has 3 heterocycles. The largest absolute Gasteiger partial charge is 0.347 e. The van der Waals surface area contributed by atoms with Crippen molar-refractivity contribution in [1.82, 2.24) is 5.32 Å². The highest BCUT2D eigenvalue weighted by atomic mass is 32.1. The normalized spacial score (nSPS) is 21.1. The maximum atomic E-state index is 12.6. The molecule has 2 N–H and O–H groups in total. The van der Waals surface area contributed by atoms with Gasteiger partial charge in [0.2, 0.25) is 5.91 Å². The maximum absolute atomic E-state index is 12.6. The molecule has 1 aliphatic carbocycles. The van der Waals surface area contributed by atoms with Crippen molar-refractivity contribution in [2.45, 2.75) is 56.8 Å². The van der Waals surface area contributed by atoms with Crippen LogP contribution in [0.2, 0.25) is 0 Å². The molecular weight excluding hydrogens is 410 g/mol. The molecule has 2 aliphatic heterocycles. The lowest BCUT2D eigenvalue weighted by Gasteiger charge is -2.28. The quantitative estimate of drug-likeness (QED) is 0.716. The van der Waals surface area contributed by atoms with Crippen molar-refractivity contribution < 1.29 is 14.4 Å². The number of thiophene rings is 1. The van der Waals surface area contributed by atoms with Crippen molar-refractivity contribution in [3.63, 3.8) is 0 Å². The second kappa shape index (κ2) is 7.79. The molecule has 1 aromatic heterocycles. The van der Waals surface area contributed by atoms with Gasteiger partial charge in [-0.25, -0.2) is 0 Å². The molecule has 31 heavy (non-hydrogen) atoms. The SMILES string of the molecule is CC1C(=O)N2CCCc3cc(NC(=O)C(=O)NCC4(c5ccsc5)CCCC4)cc1c32. The maximum Gasteiger partial charge on any atom is 0.313 e. The molecule has 0 spiro atoms. The van der Waals surface area contributed by atoms with Gasteiger partial charge in [-0.05, 0) is 78.3 Å². The van der Waals surface area contributed by atoms with Gasteiger partial charge >= 0.3 is 11.8 Å². The summed E-state index contributed by atoms with van der Waals surface area (Å²) in [6.45, 7) is 3.13. The number of hydrogen-bond donors (Lipinski definition) is 2. The lowest BCUT2D eigenvalue weighted by molar-refractivity contribution is -0.136. The zero-order valence-electron chi connectivity index (χ0n) is 17.7. The first-order valence-electron chi connectivity index (χ1n) is 11.1. The van der Waals surface area contributed by atoms with Crippen LogP contribution < -0.4 is 15.5 Å². The number of anilines is 2. The van der Waals surface area contributed by atoms with Crippen LogP contribution in [0.15, 0.2) is 29.0 Å². The van der Waals surface area contributed by atoms with Crippen LogP contribution in [-0.4, -0.2) is 30.8 Å². The summed E-state index contributed by atoms with van der Waals surface area (Å²) in [7, 11) is 0. The number of nitrogens with one attached hydrogen (secondary N) is 2. The fourth-order valence-electron chi connectivity index (χ4n) is 5.47. The van der Waals surface area contributed by atoms with Crippen LogP contribution in [0.1, 0.15) is 61.6 Å². The number of nitrogens with zero attached hydrogens (tertiary/aromatic N) is 1. The van der Waals surface area contributed by atoms with E-state index in [1.165, 1.54) is 5.56 Å². The Hall–Kier alpha value is -2.67. The summed E-state index contributed by atoms with van der Waals surface area (Å²) in [6, 6.07) is 5.89. The van der Waals surface area contributed by atoms with Gasteiger partial charge in [-0.3, -0.25) is 14.4 Å². The summed E-state index contributed by atoms with van der Waals surface area (Å²) < 4.78 is 0. The number of carbonyl (C=O) groups is 3. The van der Waals surface area contributed by atoms with Gasteiger partial charge in [0, 0.05) is 24.2 Å². The van der Waals surface area contributed by atoms with Crippen LogP contribution in [0.5, 0.6) is 0 Å². The van der Waals surface area contributed by atoms with Crippen LogP contribution in [0, 0.1) is 0 Å². The van der Waals surface area contributed by atoms with E-state index in [-0.39, 0.29) is 17.2 Å². The summed E-state index contributed by atoms with van der Waals surface area (Å²) >= 11 is 1.67. The molecular formula is C24H27N3O3S. The van der Waals surface area contributed by atoms with Gasteiger partial charge in [0.1, 0.15) is 0 Å². The number of hydrogen-bond acceptors (Lipinski definition) is 4. The second-order valence-electron chi connectivity index (χ2n) is 9.02. The van der Waals surface area contributed by atoms with Gasteiger partial charge in [0.05, 0.1) is 11.6 Å². The Bertz CT molecular complexity index is 1040. The van der Waals surface area contributed by atoms with Crippen molar-refractivity contribution in [2.24, 2.45) is 0 Å². The Morgan fingerprint density at radius 1 is 1.19 bits per heavy atom. The smallest absolute Gasteiger partial charge is 0.313 e. The minimum absolute atomic E-state index is 0.0626. The highest BCUT2D eigenvalue weighted by Crippen LogP contribution is 2.44. The van der Waals surface area contributed by atoms with Gasteiger partial charge in [0.25, 0.3) is 0 Å². The summed E-state index contributed by atoms with van der Waals surface area (Å²) in [5, 5.41) is 9.86. The fraction of sp³-hybridized carbons (Fsp3) is 0.458. The molecule has 0 bridgehead atoms. The van der Waals surface area contributed by atoms with Gasteiger partial charge < -0.3 is 15.5 Å². The van der Waals surface area contributed by atoms with Crippen molar-refractivity contribution in [3.8, 4) is 0 Å². The number of carbonyl (C=O) groups excluding carboxylic acids is 3. The van der Waals surface area contributed by atoms with Crippen LogP contribution in [0.3, 0.4) is 0 Å². The lowest BCUT2D eigenvalue weighted by Crippen LogP contribution is -2.43. The van der Waals surface area contributed by atoms with Gasteiger partial charge in [-0.1, -0.05) is 12.8 Å². The topological polar surface area (TPSA) is 78.5 Å². The predicted octanol–water partition coefficient (Wildman–Crippen LogP) is 3.71. The number of rotatable bonds is 4. The van der Waals surface area contributed by atoms with E-state index < -0.39 is 11.8 Å². The molecule has 1 fully saturated rings. The monoisotopic (exact) mass is 437 g/mol. The van der Waals surface area contributed by atoms with Gasteiger partial charge in [-0.15, -0.1) is 0 Å². The Morgan fingerprint density at radius 3 is 2.74 bits per heavy atom. The molecule has 1 aromatic carbocycles. The van der Waals surface area contributed by atoms with E-state index in [1.807, 2.05) is 24.0 Å². The van der Waals surface area contributed by atoms with E-state index in [0.29, 0.717) is 12.2 Å². The Labute approximate surface area is 186 Å². The van der Waals surface area contributed by atoms with Crippen molar-refractivity contribution in [2.75, 3.05) is 23.3 Å². The Morgan fingerprint density at radius 2 is 2.00 bits per heavy atom. The number of amides is 3. The average molecular weight is 438 g/mol. The highest BCUT2D eigenvalue weighted by Gasteiger charge is 2.39. The first kappa shape index (κ1) is 20.2. The first-order valence-corrected chi connectivity index (χ1v) is 12.0. The van der Waals surface area contributed by atoms with Crippen LogP contribution in [0.25, 0.3) is 0 Å². The average Bonchev–Trinajstić information content (AvgIpc) is 3.51. The van der Waals surface area contributed by atoms with Crippen molar-refractivity contribution in [3.05, 3.63) is 45.6 Å². The summed E-state index contributed by atoms with van der Waals surface area (Å²) in [5.74, 6) is -1.37. The molecule has 0 saturated heterocycles. The third-order valence-corrected chi connectivity index (χ3v) is 7.85. The summed E-state index contributed by atoms with van der Waals surface area (Å²) in [5.41, 5.74) is 4.81.